The molecule has 0 saturated heterocycles. The quantitative estimate of drug-likeness (QED) is 0.551. The highest BCUT2D eigenvalue weighted by Crippen LogP contribution is 2.15. The highest BCUT2D eigenvalue weighted by molar-refractivity contribution is 5.89. The fraction of sp³-hybridized carbons (Fsp3) is 0.333. The normalized spacial score (nSPS) is 10.4. The number of hydrogen-bond donors (Lipinski definition) is 2. The van der Waals surface area contributed by atoms with E-state index in [-0.39, 0.29) is 18.7 Å². The highest BCUT2D eigenvalue weighted by Gasteiger charge is 2.08. The van der Waals surface area contributed by atoms with E-state index in [1.807, 2.05) is 45.0 Å². The van der Waals surface area contributed by atoms with Crippen LogP contribution in [0.1, 0.15) is 35.3 Å². The van der Waals surface area contributed by atoms with E-state index in [1.54, 1.807) is 24.3 Å². The van der Waals surface area contributed by atoms with Crippen molar-refractivity contribution >= 4 is 12.0 Å². The summed E-state index contributed by atoms with van der Waals surface area (Å²) in [6, 6.07) is 14.5. The highest BCUT2D eigenvalue weighted by atomic mass is 16.6. The lowest BCUT2D eigenvalue weighted by Gasteiger charge is -2.11. The predicted molar refractivity (Wildman–Crippen MR) is 104 cm³/mol. The molecule has 0 aliphatic heterocycles. The topological polar surface area (TPSA) is 76.7 Å². The minimum Gasteiger partial charge on any atom is -0.490 e. The average Bonchev–Trinajstić information content (AvgIpc) is 2.64. The largest absolute Gasteiger partial charge is 0.490 e. The number of urea groups is 1. The summed E-state index contributed by atoms with van der Waals surface area (Å²) < 4.78 is 10.8. The molecule has 0 radical (unpaired) electrons. The number of hydrogen-bond acceptors (Lipinski definition) is 4. The monoisotopic (exact) mass is 370 g/mol. The van der Waals surface area contributed by atoms with Gasteiger partial charge >= 0.3 is 12.0 Å². The van der Waals surface area contributed by atoms with Crippen LogP contribution < -0.4 is 15.4 Å². The number of nitrogens with one attached hydrogen (secondary N) is 2. The number of amides is 2. The maximum Gasteiger partial charge on any atom is 0.338 e. The number of carbonyl (C=O) groups excluding carboxylic acids is 2. The van der Waals surface area contributed by atoms with E-state index in [4.69, 9.17) is 9.47 Å². The first-order chi connectivity index (χ1) is 13.0. The maximum absolute atomic E-state index is 12.1. The third-order valence-electron chi connectivity index (χ3n) is 3.73. The third-order valence-corrected chi connectivity index (χ3v) is 3.73. The zero-order chi connectivity index (χ0) is 19.6. The van der Waals surface area contributed by atoms with Crippen LogP contribution in [0, 0.1) is 6.92 Å². The molecule has 0 saturated carbocycles. The zero-order valence-electron chi connectivity index (χ0n) is 16.0. The summed E-state index contributed by atoms with van der Waals surface area (Å²) in [6.45, 7) is 6.61. The summed E-state index contributed by atoms with van der Waals surface area (Å²) in [5.74, 6) is 0.382. The van der Waals surface area contributed by atoms with E-state index in [0.717, 1.165) is 16.9 Å². The van der Waals surface area contributed by atoms with Crippen LogP contribution in [0.25, 0.3) is 0 Å². The number of benzene rings is 2. The van der Waals surface area contributed by atoms with Gasteiger partial charge in [-0.3, -0.25) is 0 Å². The van der Waals surface area contributed by atoms with Crippen LogP contribution in [0.4, 0.5) is 4.79 Å². The lowest BCUT2D eigenvalue weighted by Crippen LogP contribution is -2.39. The van der Waals surface area contributed by atoms with Gasteiger partial charge in [0.25, 0.3) is 0 Å². The van der Waals surface area contributed by atoms with Crippen LogP contribution in [0.15, 0.2) is 48.5 Å². The Morgan fingerprint density at radius 2 is 1.70 bits per heavy atom. The van der Waals surface area contributed by atoms with Crippen molar-refractivity contribution in [3.63, 3.8) is 0 Å². The van der Waals surface area contributed by atoms with Crippen molar-refractivity contribution in [2.75, 3.05) is 13.2 Å². The molecule has 0 fully saturated rings. The van der Waals surface area contributed by atoms with Crippen molar-refractivity contribution in [1.82, 2.24) is 10.6 Å². The Bertz CT molecular complexity index is 757. The Labute approximate surface area is 159 Å². The Morgan fingerprint density at radius 3 is 2.37 bits per heavy atom. The second-order valence-corrected chi connectivity index (χ2v) is 6.43. The van der Waals surface area contributed by atoms with Gasteiger partial charge in [-0.25, -0.2) is 9.59 Å². The van der Waals surface area contributed by atoms with Gasteiger partial charge in [0.2, 0.25) is 0 Å². The molecular formula is C21H26N2O4. The van der Waals surface area contributed by atoms with Gasteiger partial charge in [-0.05, 0) is 50.1 Å². The fourth-order valence-electron chi connectivity index (χ4n) is 2.34. The van der Waals surface area contributed by atoms with Crippen LogP contribution in [-0.2, 0) is 11.3 Å². The molecule has 144 valence electrons. The lowest BCUT2D eigenvalue weighted by atomic mass is 10.1. The summed E-state index contributed by atoms with van der Waals surface area (Å²) in [4.78, 5) is 23.6. The van der Waals surface area contributed by atoms with E-state index in [2.05, 4.69) is 10.6 Å². The summed E-state index contributed by atoms with van der Waals surface area (Å²) in [5.41, 5.74) is 2.39. The Morgan fingerprint density at radius 1 is 1.00 bits per heavy atom. The summed E-state index contributed by atoms with van der Waals surface area (Å²) in [6.07, 6.45) is 0. The lowest BCUT2D eigenvalue weighted by molar-refractivity contribution is 0.0450. The van der Waals surface area contributed by atoms with Gasteiger partial charge in [-0.2, -0.15) is 0 Å². The number of para-hydroxylation sites is 1. The number of rotatable bonds is 8. The van der Waals surface area contributed by atoms with Crippen molar-refractivity contribution in [2.45, 2.75) is 33.4 Å². The first kappa shape index (κ1) is 20.3. The maximum atomic E-state index is 12.1. The van der Waals surface area contributed by atoms with Gasteiger partial charge in [0, 0.05) is 12.6 Å². The van der Waals surface area contributed by atoms with Crippen LogP contribution >= 0.6 is 0 Å². The van der Waals surface area contributed by atoms with Gasteiger partial charge in [0.1, 0.15) is 19.0 Å². The van der Waals surface area contributed by atoms with Gasteiger partial charge in [0.05, 0.1) is 5.56 Å². The van der Waals surface area contributed by atoms with E-state index in [9.17, 15) is 9.59 Å². The molecule has 6 nitrogen and oxygen atoms in total. The van der Waals surface area contributed by atoms with Crippen LogP contribution in [0.5, 0.6) is 5.75 Å². The number of aryl methyl sites for hydroxylation is 1. The van der Waals surface area contributed by atoms with Gasteiger partial charge in [-0.15, -0.1) is 0 Å². The standard InChI is InChI=1S/C21H26N2O4/c1-15(2)23-21(25)22-14-17-8-10-18(11-9-17)20(24)27-13-12-26-19-7-5-4-6-16(19)3/h4-11,15H,12-14H2,1-3H3,(H2,22,23,25). The van der Waals surface area contributed by atoms with E-state index in [1.165, 1.54) is 0 Å². The zero-order valence-corrected chi connectivity index (χ0v) is 16.0. The molecule has 0 unspecified atom stereocenters. The first-order valence-electron chi connectivity index (χ1n) is 8.94. The fourth-order valence-corrected chi connectivity index (χ4v) is 2.34. The second kappa shape index (κ2) is 10.2. The first-order valence-corrected chi connectivity index (χ1v) is 8.94. The molecule has 2 amide bonds. The molecule has 0 aliphatic rings. The molecule has 0 aliphatic carbocycles. The van der Waals surface area contributed by atoms with Crippen molar-refractivity contribution < 1.29 is 19.1 Å². The summed E-state index contributed by atoms with van der Waals surface area (Å²) in [5, 5.41) is 5.51. The molecule has 0 spiro atoms. The van der Waals surface area contributed by atoms with Crippen molar-refractivity contribution in [1.29, 1.82) is 0 Å². The van der Waals surface area contributed by atoms with E-state index >= 15 is 0 Å². The molecule has 6 heteroatoms. The predicted octanol–water partition coefficient (Wildman–Crippen LogP) is 3.44. The number of ether oxygens (including phenoxy) is 2. The Balaban J connectivity index is 1.73. The molecule has 27 heavy (non-hydrogen) atoms. The van der Waals surface area contributed by atoms with Gasteiger partial charge in [0.15, 0.2) is 0 Å². The third kappa shape index (κ3) is 7.01. The Kier molecular flexibility index (Phi) is 7.67. The molecule has 0 heterocycles. The molecule has 2 N–H and O–H groups in total. The van der Waals surface area contributed by atoms with Crippen molar-refractivity contribution in [2.24, 2.45) is 0 Å². The molecule has 2 aromatic carbocycles. The molecule has 2 aromatic rings. The Hall–Kier alpha value is -3.02. The van der Waals surface area contributed by atoms with Crippen molar-refractivity contribution in [3.05, 3.63) is 65.2 Å². The molecular weight excluding hydrogens is 344 g/mol. The SMILES string of the molecule is Cc1ccccc1OCCOC(=O)c1ccc(CNC(=O)NC(C)C)cc1. The summed E-state index contributed by atoms with van der Waals surface area (Å²) >= 11 is 0. The number of esters is 1. The minimum absolute atomic E-state index is 0.0805. The van der Waals surface area contributed by atoms with Crippen LogP contribution in [0.2, 0.25) is 0 Å². The van der Waals surface area contributed by atoms with Gasteiger partial charge in [-0.1, -0.05) is 30.3 Å². The van der Waals surface area contributed by atoms with Gasteiger partial charge < -0.3 is 20.1 Å². The smallest absolute Gasteiger partial charge is 0.338 e. The van der Waals surface area contributed by atoms with Crippen LogP contribution in [-0.4, -0.2) is 31.3 Å². The van der Waals surface area contributed by atoms with Crippen molar-refractivity contribution in [3.8, 4) is 5.75 Å². The molecule has 0 aromatic heterocycles. The van der Waals surface area contributed by atoms with E-state index < -0.39 is 5.97 Å². The average molecular weight is 370 g/mol. The molecule has 0 atom stereocenters. The second-order valence-electron chi connectivity index (χ2n) is 6.43. The van der Waals surface area contributed by atoms with E-state index in [0.29, 0.717) is 18.7 Å². The minimum atomic E-state index is -0.402. The molecule has 2 rings (SSSR count). The molecule has 0 bridgehead atoms. The number of carbonyl (C=O) groups is 2. The summed E-state index contributed by atoms with van der Waals surface area (Å²) in [7, 11) is 0. The van der Waals surface area contributed by atoms with Crippen LogP contribution in [0.3, 0.4) is 0 Å².